The number of carbonyl (C=O) groups excluding carboxylic acids is 1. The monoisotopic (exact) mass is 342 g/mol. The first-order valence-electron chi connectivity index (χ1n) is 8.33. The number of aromatic nitrogens is 3. The van der Waals surface area contributed by atoms with Crippen molar-refractivity contribution >= 4 is 5.91 Å². The topological polar surface area (TPSA) is 99.0 Å². The fraction of sp³-hybridized carbons (Fsp3) is 0.471. The molecule has 1 aliphatic rings. The summed E-state index contributed by atoms with van der Waals surface area (Å²) in [6.07, 6.45) is 5.03. The normalized spacial score (nSPS) is 21.0. The molecule has 2 aromatic heterocycles. The molecule has 0 unspecified atom stereocenters. The SMILES string of the molecule is CCN1CCO[C@@H](CNC(=O)c2c[nH]c(C#N)c2)[C@@H]1c1nccn1C. The lowest BCUT2D eigenvalue weighted by atomic mass is 10.1. The van der Waals surface area contributed by atoms with E-state index < -0.39 is 0 Å². The van der Waals surface area contributed by atoms with E-state index in [9.17, 15) is 4.79 Å². The Balaban J connectivity index is 1.72. The van der Waals surface area contributed by atoms with Crippen LogP contribution < -0.4 is 5.32 Å². The Kier molecular flexibility index (Phi) is 5.16. The van der Waals surface area contributed by atoms with Crippen LogP contribution in [-0.4, -0.2) is 57.7 Å². The lowest BCUT2D eigenvalue weighted by Crippen LogP contribution is -2.50. The Bertz CT molecular complexity index is 774. The Morgan fingerprint density at radius 1 is 1.60 bits per heavy atom. The molecule has 8 nitrogen and oxygen atoms in total. The molecule has 0 spiro atoms. The van der Waals surface area contributed by atoms with E-state index in [-0.39, 0.29) is 18.1 Å². The number of H-pyrrole nitrogens is 1. The van der Waals surface area contributed by atoms with Crippen molar-refractivity contribution in [3.63, 3.8) is 0 Å². The molecule has 3 rings (SSSR count). The maximum Gasteiger partial charge on any atom is 0.252 e. The van der Waals surface area contributed by atoms with Crippen LogP contribution in [0.4, 0.5) is 0 Å². The molecule has 1 fully saturated rings. The van der Waals surface area contributed by atoms with Gasteiger partial charge in [-0.15, -0.1) is 0 Å². The molecule has 1 aliphatic heterocycles. The second kappa shape index (κ2) is 7.51. The van der Waals surface area contributed by atoms with Gasteiger partial charge in [-0.25, -0.2) is 4.98 Å². The lowest BCUT2D eigenvalue weighted by molar-refractivity contribution is -0.0720. The molecule has 2 atom stereocenters. The molecule has 0 bridgehead atoms. The maximum atomic E-state index is 12.3. The third kappa shape index (κ3) is 3.57. The van der Waals surface area contributed by atoms with Crippen LogP contribution in [0.15, 0.2) is 24.7 Å². The number of nitriles is 1. The molecule has 132 valence electrons. The summed E-state index contributed by atoms with van der Waals surface area (Å²) < 4.78 is 7.93. The molecule has 0 aliphatic carbocycles. The number of carbonyl (C=O) groups is 1. The maximum absolute atomic E-state index is 12.3. The van der Waals surface area contributed by atoms with E-state index in [2.05, 4.69) is 27.1 Å². The van der Waals surface area contributed by atoms with Gasteiger partial charge in [0, 0.05) is 38.7 Å². The zero-order valence-electron chi connectivity index (χ0n) is 14.4. The van der Waals surface area contributed by atoms with Crippen molar-refractivity contribution in [2.24, 2.45) is 7.05 Å². The van der Waals surface area contributed by atoms with Crippen molar-refractivity contribution in [2.45, 2.75) is 19.1 Å². The van der Waals surface area contributed by atoms with Crippen LogP contribution in [0.3, 0.4) is 0 Å². The minimum atomic E-state index is -0.228. The van der Waals surface area contributed by atoms with Crippen LogP contribution in [0.2, 0.25) is 0 Å². The highest BCUT2D eigenvalue weighted by Crippen LogP contribution is 2.27. The molecule has 25 heavy (non-hydrogen) atoms. The lowest BCUT2D eigenvalue weighted by Gasteiger charge is -2.40. The first kappa shape index (κ1) is 17.2. The van der Waals surface area contributed by atoms with Gasteiger partial charge in [0.15, 0.2) is 0 Å². The average Bonchev–Trinajstić information content (AvgIpc) is 3.28. The fourth-order valence-electron chi connectivity index (χ4n) is 3.19. The highest BCUT2D eigenvalue weighted by molar-refractivity contribution is 5.94. The molecule has 0 saturated carbocycles. The first-order chi connectivity index (χ1) is 12.1. The van der Waals surface area contributed by atoms with Crippen molar-refractivity contribution < 1.29 is 9.53 Å². The van der Waals surface area contributed by atoms with E-state index >= 15 is 0 Å². The molecule has 0 radical (unpaired) electrons. The number of rotatable bonds is 5. The summed E-state index contributed by atoms with van der Waals surface area (Å²) in [5.41, 5.74) is 0.801. The van der Waals surface area contributed by atoms with Gasteiger partial charge >= 0.3 is 0 Å². The zero-order chi connectivity index (χ0) is 17.8. The third-order valence-electron chi connectivity index (χ3n) is 4.51. The largest absolute Gasteiger partial charge is 0.373 e. The minimum absolute atomic E-state index is 0.0139. The Morgan fingerprint density at radius 3 is 3.08 bits per heavy atom. The predicted molar refractivity (Wildman–Crippen MR) is 90.8 cm³/mol. The molecule has 3 heterocycles. The number of hydrogen-bond donors (Lipinski definition) is 2. The van der Waals surface area contributed by atoms with E-state index in [0.29, 0.717) is 24.4 Å². The highest BCUT2D eigenvalue weighted by Gasteiger charge is 2.35. The predicted octanol–water partition coefficient (Wildman–Crippen LogP) is 0.812. The molecular formula is C17H22N6O2. The number of aromatic amines is 1. The van der Waals surface area contributed by atoms with Crippen molar-refractivity contribution in [1.29, 1.82) is 5.26 Å². The van der Waals surface area contributed by atoms with Crippen LogP contribution in [-0.2, 0) is 11.8 Å². The number of morpholine rings is 1. The number of aryl methyl sites for hydroxylation is 1. The minimum Gasteiger partial charge on any atom is -0.373 e. The standard InChI is InChI=1S/C17H22N6O2/c1-3-23-6-7-25-14(15(23)16-19-4-5-22(16)2)11-21-17(24)12-8-13(9-18)20-10-12/h4-5,8,10,14-15,20H,3,6-7,11H2,1-2H3,(H,21,24)/t14-,15+/m0/s1. The number of amides is 1. The Labute approximate surface area is 146 Å². The Morgan fingerprint density at radius 2 is 2.44 bits per heavy atom. The molecule has 2 aromatic rings. The summed E-state index contributed by atoms with van der Waals surface area (Å²) in [4.78, 5) is 21.8. The van der Waals surface area contributed by atoms with Gasteiger partial charge in [-0.05, 0) is 12.6 Å². The first-order valence-corrected chi connectivity index (χ1v) is 8.33. The van der Waals surface area contributed by atoms with Gasteiger partial charge < -0.3 is 19.6 Å². The van der Waals surface area contributed by atoms with Gasteiger partial charge in [0.05, 0.1) is 24.3 Å². The number of likely N-dealkylation sites (N-methyl/N-ethyl adjacent to an activating group) is 1. The number of imidazole rings is 1. The van der Waals surface area contributed by atoms with Crippen LogP contribution >= 0.6 is 0 Å². The summed E-state index contributed by atoms with van der Waals surface area (Å²) in [5, 5.41) is 11.7. The molecular weight excluding hydrogens is 320 g/mol. The summed E-state index contributed by atoms with van der Waals surface area (Å²) >= 11 is 0. The summed E-state index contributed by atoms with van der Waals surface area (Å²) in [6.45, 7) is 4.83. The quantitative estimate of drug-likeness (QED) is 0.838. The second-order valence-electron chi connectivity index (χ2n) is 6.00. The third-order valence-corrected chi connectivity index (χ3v) is 4.51. The van der Waals surface area contributed by atoms with Gasteiger partial charge in [0.25, 0.3) is 5.91 Å². The average molecular weight is 342 g/mol. The van der Waals surface area contributed by atoms with E-state index in [1.807, 2.05) is 23.9 Å². The second-order valence-corrected chi connectivity index (χ2v) is 6.00. The molecule has 2 N–H and O–H groups in total. The number of nitrogens with one attached hydrogen (secondary N) is 2. The van der Waals surface area contributed by atoms with Crippen molar-refractivity contribution in [3.8, 4) is 6.07 Å². The van der Waals surface area contributed by atoms with Crippen molar-refractivity contribution in [1.82, 2.24) is 24.8 Å². The smallest absolute Gasteiger partial charge is 0.252 e. The molecule has 0 aromatic carbocycles. The fourth-order valence-corrected chi connectivity index (χ4v) is 3.19. The van der Waals surface area contributed by atoms with Gasteiger partial charge in [0.2, 0.25) is 0 Å². The van der Waals surface area contributed by atoms with Crippen LogP contribution in [0.1, 0.15) is 34.8 Å². The number of nitrogens with zero attached hydrogens (tertiary/aromatic N) is 4. The van der Waals surface area contributed by atoms with E-state index in [1.54, 1.807) is 6.20 Å². The Hall–Kier alpha value is -2.63. The van der Waals surface area contributed by atoms with Crippen LogP contribution in [0, 0.1) is 11.3 Å². The van der Waals surface area contributed by atoms with Gasteiger partial charge in [-0.1, -0.05) is 6.92 Å². The number of hydrogen-bond acceptors (Lipinski definition) is 5. The van der Waals surface area contributed by atoms with E-state index in [0.717, 1.165) is 18.9 Å². The van der Waals surface area contributed by atoms with Gasteiger partial charge in [0.1, 0.15) is 17.6 Å². The van der Waals surface area contributed by atoms with Gasteiger partial charge in [-0.2, -0.15) is 5.26 Å². The molecule has 1 saturated heterocycles. The van der Waals surface area contributed by atoms with Crippen LogP contribution in [0.5, 0.6) is 0 Å². The zero-order valence-corrected chi connectivity index (χ0v) is 14.4. The molecule has 1 amide bonds. The molecule has 8 heteroatoms. The highest BCUT2D eigenvalue weighted by atomic mass is 16.5. The van der Waals surface area contributed by atoms with Crippen molar-refractivity contribution in [3.05, 3.63) is 41.7 Å². The van der Waals surface area contributed by atoms with E-state index in [1.165, 1.54) is 12.3 Å². The summed E-state index contributed by atoms with van der Waals surface area (Å²) in [7, 11) is 1.96. The van der Waals surface area contributed by atoms with Gasteiger partial charge in [-0.3, -0.25) is 9.69 Å². The summed E-state index contributed by atoms with van der Waals surface area (Å²) in [5.74, 6) is 0.697. The van der Waals surface area contributed by atoms with Crippen LogP contribution in [0.25, 0.3) is 0 Å². The van der Waals surface area contributed by atoms with Crippen molar-refractivity contribution in [2.75, 3.05) is 26.2 Å². The number of ether oxygens (including phenoxy) is 1. The summed E-state index contributed by atoms with van der Waals surface area (Å²) in [6, 6.07) is 3.49. The van der Waals surface area contributed by atoms with E-state index in [4.69, 9.17) is 10.00 Å².